The standard InChI is InChI=1S/C26H26N4O3/c31-20-33-25-8-4-7-24(19-25)30-18-17-29(26(30)32)23-11-9-22(10-12-23)28-15-13-27(14-16-28)21-5-2-1-3-6-21/h1-12,19-20H,13-18H2. The molecule has 2 amide bonds. The number of benzene rings is 3. The predicted molar refractivity (Wildman–Crippen MR) is 131 cm³/mol. The van der Waals surface area contributed by atoms with Gasteiger partial charge in [0.05, 0.1) is 0 Å². The maximum atomic E-state index is 13.1. The Hall–Kier alpha value is -4.00. The van der Waals surface area contributed by atoms with Gasteiger partial charge in [-0.25, -0.2) is 4.79 Å². The van der Waals surface area contributed by atoms with Crippen LogP contribution in [0, 0.1) is 0 Å². The summed E-state index contributed by atoms with van der Waals surface area (Å²) in [5.41, 5.74) is 4.05. The molecule has 2 saturated heterocycles. The first-order valence-electron chi connectivity index (χ1n) is 11.2. The van der Waals surface area contributed by atoms with E-state index in [4.69, 9.17) is 4.74 Å². The molecule has 0 radical (unpaired) electrons. The van der Waals surface area contributed by atoms with E-state index in [0.29, 0.717) is 25.3 Å². The van der Waals surface area contributed by atoms with Crippen LogP contribution in [-0.4, -0.2) is 51.8 Å². The molecule has 0 spiro atoms. The van der Waals surface area contributed by atoms with Crippen LogP contribution in [0.15, 0.2) is 78.9 Å². The molecule has 2 fully saturated rings. The summed E-state index contributed by atoms with van der Waals surface area (Å²) in [4.78, 5) is 32.0. The largest absolute Gasteiger partial charge is 0.429 e. The summed E-state index contributed by atoms with van der Waals surface area (Å²) in [6.45, 7) is 5.46. The molecule has 0 aliphatic carbocycles. The highest BCUT2D eigenvalue weighted by molar-refractivity contribution is 6.06. The van der Waals surface area contributed by atoms with Crippen LogP contribution < -0.4 is 24.3 Å². The molecule has 0 unspecified atom stereocenters. The normalized spacial score (nSPS) is 16.3. The molecular formula is C26H26N4O3. The van der Waals surface area contributed by atoms with Gasteiger partial charge in [-0.3, -0.25) is 14.6 Å². The SMILES string of the molecule is O=COc1cccc(N2CCN(c3ccc(N4CCN(c5ccccc5)CC4)cc3)C2=O)c1. The van der Waals surface area contributed by atoms with Gasteiger partial charge in [0, 0.05) is 68.1 Å². The van der Waals surface area contributed by atoms with Gasteiger partial charge in [0.15, 0.2) is 0 Å². The summed E-state index contributed by atoms with van der Waals surface area (Å²) >= 11 is 0. The predicted octanol–water partition coefficient (Wildman–Crippen LogP) is 4.00. The van der Waals surface area contributed by atoms with Crippen LogP contribution in [0.4, 0.5) is 27.5 Å². The van der Waals surface area contributed by atoms with Gasteiger partial charge in [-0.1, -0.05) is 24.3 Å². The number of hydrogen-bond acceptors (Lipinski definition) is 5. The van der Waals surface area contributed by atoms with E-state index in [1.165, 1.54) is 11.4 Å². The van der Waals surface area contributed by atoms with E-state index in [-0.39, 0.29) is 6.03 Å². The second kappa shape index (κ2) is 9.24. The second-order valence-electron chi connectivity index (χ2n) is 8.12. The third kappa shape index (κ3) is 4.35. The molecular weight excluding hydrogens is 416 g/mol. The zero-order valence-electron chi connectivity index (χ0n) is 18.3. The number of carbonyl (C=O) groups excluding carboxylic acids is 2. The lowest BCUT2D eigenvalue weighted by Gasteiger charge is -2.37. The smallest absolute Gasteiger partial charge is 0.329 e. The highest BCUT2D eigenvalue weighted by Gasteiger charge is 2.31. The number of para-hydroxylation sites is 1. The van der Waals surface area contributed by atoms with Crippen molar-refractivity contribution in [1.29, 1.82) is 0 Å². The number of amides is 2. The van der Waals surface area contributed by atoms with Gasteiger partial charge in [-0.05, 0) is 48.5 Å². The van der Waals surface area contributed by atoms with Gasteiger partial charge in [-0.2, -0.15) is 0 Å². The summed E-state index contributed by atoms with van der Waals surface area (Å²) in [5, 5.41) is 0. The molecule has 0 bridgehead atoms. The van der Waals surface area contributed by atoms with E-state index in [9.17, 15) is 9.59 Å². The lowest BCUT2D eigenvalue weighted by Crippen LogP contribution is -2.46. The van der Waals surface area contributed by atoms with Crippen molar-refractivity contribution in [1.82, 2.24) is 0 Å². The van der Waals surface area contributed by atoms with E-state index in [1.807, 2.05) is 24.3 Å². The Kier molecular flexibility index (Phi) is 5.85. The van der Waals surface area contributed by atoms with Gasteiger partial charge in [0.2, 0.25) is 0 Å². The third-order valence-electron chi connectivity index (χ3n) is 6.25. The molecule has 2 aliphatic heterocycles. The molecule has 5 rings (SSSR count). The molecule has 7 nitrogen and oxygen atoms in total. The zero-order valence-corrected chi connectivity index (χ0v) is 18.3. The summed E-state index contributed by atoms with van der Waals surface area (Å²) in [6, 6.07) is 25.7. The lowest BCUT2D eigenvalue weighted by molar-refractivity contribution is -0.120. The van der Waals surface area contributed by atoms with Gasteiger partial charge in [0.1, 0.15) is 5.75 Å². The average Bonchev–Trinajstić information content (AvgIpc) is 3.26. The van der Waals surface area contributed by atoms with Crippen LogP contribution in [0.2, 0.25) is 0 Å². The molecule has 2 aliphatic rings. The molecule has 0 saturated carbocycles. The van der Waals surface area contributed by atoms with E-state index in [2.05, 4.69) is 46.2 Å². The molecule has 7 heteroatoms. The van der Waals surface area contributed by atoms with E-state index < -0.39 is 0 Å². The van der Waals surface area contributed by atoms with Crippen molar-refractivity contribution in [3.8, 4) is 5.75 Å². The quantitative estimate of drug-likeness (QED) is 0.540. The highest BCUT2D eigenvalue weighted by atomic mass is 16.5. The monoisotopic (exact) mass is 442 g/mol. The minimum absolute atomic E-state index is 0.0810. The minimum atomic E-state index is -0.0810. The van der Waals surface area contributed by atoms with Crippen LogP contribution in [0.1, 0.15) is 0 Å². The maximum absolute atomic E-state index is 13.1. The summed E-state index contributed by atoms with van der Waals surface area (Å²) in [6.07, 6.45) is 0. The van der Waals surface area contributed by atoms with Crippen LogP contribution in [0.25, 0.3) is 0 Å². The number of anilines is 4. The van der Waals surface area contributed by atoms with Crippen molar-refractivity contribution in [2.24, 2.45) is 0 Å². The Bertz CT molecular complexity index is 1110. The van der Waals surface area contributed by atoms with Crippen LogP contribution in [0.5, 0.6) is 5.75 Å². The first-order chi connectivity index (χ1) is 16.2. The topological polar surface area (TPSA) is 56.3 Å². The van der Waals surface area contributed by atoms with Gasteiger partial charge in [0.25, 0.3) is 6.47 Å². The van der Waals surface area contributed by atoms with Crippen molar-refractivity contribution < 1.29 is 14.3 Å². The van der Waals surface area contributed by atoms with Crippen molar-refractivity contribution in [2.75, 3.05) is 58.9 Å². The molecule has 2 heterocycles. The Balaban J connectivity index is 1.22. The number of hydrogen-bond donors (Lipinski definition) is 0. The Labute approximate surface area is 193 Å². The number of rotatable bonds is 6. The van der Waals surface area contributed by atoms with Crippen molar-refractivity contribution >= 4 is 35.3 Å². The molecule has 3 aromatic carbocycles. The third-order valence-corrected chi connectivity index (χ3v) is 6.25. The van der Waals surface area contributed by atoms with Gasteiger partial charge >= 0.3 is 6.03 Å². The van der Waals surface area contributed by atoms with Gasteiger partial charge < -0.3 is 14.5 Å². The molecule has 33 heavy (non-hydrogen) atoms. The second-order valence-corrected chi connectivity index (χ2v) is 8.12. The first-order valence-corrected chi connectivity index (χ1v) is 11.2. The van der Waals surface area contributed by atoms with Crippen LogP contribution in [-0.2, 0) is 4.79 Å². The molecule has 0 atom stereocenters. The fraction of sp³-hybridized carbons (Fsp3) is 0.231. The Morgan fingerprint density at radius 1 is 0.606 bits per heavy atom. The number of carbonyl (C=O) groups is 2. The molecule has 3 aromatic rings. The summed E-state index contributed by atoms with van der Waals surface area (Å²) in [5.74, 6) is 0.422. The van der Waals surface area contributed by atoms with E-state index in [0.717, 1.165) is 37.6 Å². The highest BCUT2D eigenvalue weighted by Crippen LogP contribution is 2.29. The van der Waals surface area contributed by atoms with Crippen LogP contribution in [0.3, 0.4) is 0 Å². The first kappa shape index (κ1) is 20.9. The Morgan fingerprint density at radius 2 is 1.15 bits per heavy atom. The number of nitrogens with zero attached hydrogens (tertiary/aromatic N) is 4. The van der Waals surface area contributed by atoms with E-state index in [1.54, 1.807) is 28.0 Å². The average molecular weight is 443 g/mol. The van der Waals surface area contributed by atoms with E-state index >= 15 is 0 Å². The number of ether oxygens (including phenoxy) is 1. The summed E-state index contributed by atoms with van der Waals surface area (Å²) < 4.78 is 4.92. The summed E-state index contributed by atoms with van der Waals surface area (Å²) in [7, 11) is 0. The van der Waals surface area contributed by atoms with Crippen molar-refractivity contribution in [3.63, 3.8) is 0 Å². The van der Waals surface area contributed by atoms with Crippen LogP contribution >= 0.6 is 0 Å². The number of piperazine rings is 1. The lowest BCUT2D eigenvalue weighted by atomic mass is 10.2. The zero-order chi connectivity index (χ0) is 22.6. The number of urea groups is 1. The fourth-order valence-corrected chi connectivity index (χ4v) is 4.50. The van der Waals surface area contributed by atoms with Crippen molar-refractivity contribution in [2.45, 2.75) is 0 Å². The maximum Gasteiger partial charge on any atom is 0.329 e. The Morgan fingerprint density at radius 3 is 1.79 bits per heavy atom. The van der Waals surface area contributed by atoms with Crippen molar-refractivity contribution in [3.05, 3.63) is 78.9 Å². The molecule has 0 N–H and O–H groups in total. The molecule has 168 valence electrons. The van der Waals surface area contributed by atoms with Gasteiger partial charge in [-0.15, -0.1) is 0 Å². The minimum Gasteiger partial charge on any atom is -0.429 e. The fourth-order valence-electron chi connectivity index (χ4n) is 4.50. The molecule has 0 aromatic heterocycles.